The van der Waals surface area contributed by atoms with E-state index in [1.807, 2.05) is 13.8 Å². The molecule has 13 nitrogen and oxygen atoms in total. The molecule has 4 saturated heterocycles. The molecule has 4 aliphatic heterocycles. The van der Waals surface area contributed by atoms with Crippen LogP contribution in [0.4, 0.5) is 48.0 Å². The van der Waals surface area contributed by atoms with Gasteiger partial charge in [0.1, 0.15) is 10.4 Å². The highest BCUT2D eigenvalue weighted by Crippen LogP contribution is 2.43. The van der Waals surface area contributed by atoms with Crippen LogP contribution in [0.2, 0.25) is 0 Å². The van der Waals surface area contributed by atoms with Gasteiger partial charge in [0.15, 0.2) is 26.7 Å². The Hall–Kier alpha value is -4.02. The lowest BCUT2D eigenvalue weighted by molar-refractivity contribution is -0.426. The molecule has 1 N–H and O–H groups in total. The van der Waals surface area contributed by atoms with Crippen molar-refractivity contribution in [3.63, 3.8) is 0 Å². The molecule has 4 aromatic rings. The summed E-state index contributed by atoms with van der Waals surface area (Å²) in [5.41, 5.74) is -3.60. The third-order valence-corrected chi connectivity index (χ3v) is 12.4. The summed E-state index contributed by atoms with van der Waals surface area (Å²) >= 11 is 1.62. The van der Waals surface area contributed by atoms with Crippen molar-refractivity contribution in [2.75, 3.05) is 54.6 Å². The number of nitrogens with zero attached hydrogens (tertiary/aromatic N) is 5. The van der Waals surface area contributed by atoms with Crippen molar-refractivity contribution in [1.82, 2.24) is 9.97 Å². The second-order valence-corrected chi connectivity index (χ2v) is 16.0. The van der Waals surface area contributed by atoms with Crippen molar-refractivity contribution in [2.45, 2.75) is 75.7 Å². The van der Waals surface area contributed by atoms with E-state index in [1.165, 1.54) is 0 Å². The standard InChI is InChI=1S/C34H33F6N6O7S2/c1-17-15-50-31(52-17)3-7-44(8-4-31)29-41-27(47)21-11-19(33(35,36)37)13-23(25(21)54-29)43-46(49)24-14-20(34(38,39)40)12-22-26(24)55-30(42-28(22)48)45-9-5-32(6-10-45)51-16-18(2)53-32/h11-14,17-18H,3-10,15-16H2,1-2H3,(H,43,49)/q+1/t17-,18-/m0/s1. The van der Waals surface area contributed by atoms with Crippen LogP contribution in [0.1, 0.15) is 50.7 Å². The monoisotopic (exact) mass is 815 g/mol. The fraction of sp³-hybridized carbons (Fsp3) is 0.529. The van der Waals surface area contributed by atoms with Crippen molar-refractivity contribution < 1.29 is 50.2 Å². The van der Waals surface area contributed by atoms with Crippen molar-refractivity contribution in [3.05, 3.63) is 61.0 Å². The predicted molar refractivity (Wildman–Crippen MR) is 190 cm³/mol. The molecule has 55 heavy (non-hydrogen) atoms. The smallest absolute Gasteiger partial charge is 0.348 e. The Morgan fingerprint density at radius 3 is 1.60 bits per heavy atom. The predicted octanol–water partition coefficient (Wildman–Crippen LogP) is 6.57. The third-order valence-electron chi connectivity index (χ3n) is 10.1. The van der Waals surface area contributed by atoms with Gasteiger partial charge in [0.25, 0.3) is 11.1 Å². The Morgan fingerprint density at radius 2 is 1.16 bits per heavy atom. The van der Waals surface area contributed by atoms with E-state index in [-0.39, 0.29) is 36.7 Å². The summed E-state index contributed by atoms with van der Waals surface area (Å²) in [6.45, 7) is 5.89. The van der Waals surface area contributed by atoms with Gasteiger partial charge in [-0.3, -0.25) is 9.59 Å². The van der Waals surface area contributed by atoms with Crippen molar-refractivity contribution in [1.29, 1.82) is 0 Å². The maximum atomic E-state index is 14.2. The fourth-order valence-electron chi connectivity index (χ4n) is 7.31. The minimum atomic E-state index is -5.01. The molecule has 0 bridgehead atoms. The van der Waals surface area contributed by atoms with Crippen LogP contribution in [0.3, 0.4) is 0 Å². The topological polar surface area (TPSA) is 135 Å². The molecule has 0 amide bonds. The Kier molecular flexibility index (Phi) is 9.35. The van der Waals surface area contributed by atoms with E-state index in [1.54, 1.807) is 9.80 Å². The number of hydrazine groups is 1. The molecule has 0 aliphatic carbocycles. The SMILES string of the molecule is C[C@H]1COC2(CCN(c3nc(=O)c4cc(C(F)(F)F)cc(N[N+](=O)c5cc(C(F)(F)F)cc6c(=O)nc(N7CCC8(CC7)OC[C@H](C)O8)sc56)c4s3)CC2)O1. The quantitative estimate of drug-likeness (QED) is 0.133. The number of hydrogen-bond acceptors (Lipinski definition) is 13. The van der Waals surface area contributed by atoms with Crippen LogP contribution in [0.25, 0.3) is 20.2 Å². The number of hydrogen-bond donors (Lipinski definition) is 1. The van der Waals surface area contributed by atoms with E-state index >= 15 is 0 Å². The Morgan fingerprint density at radius 1 is 0.727 bits per heavy atom. The highest BCUT2D eigenvalue weighted by atomic mass is 32.1. The molecule has 4 aliphatic rings. The number of halogens is 6. The molecule has 0 radical (unpaired) electrons. The van der Waals surface area contributed by atoms with E-state index in [0.717, 1.165) is 22.7 Å². The number of ether oxygens (including phenoxy) is 4. The van der Waals surface area contributed by atoms with Crippen LogP contribution >= 0.6 is 22.7 Å². The van der Waals surface area contributed by atoms with E-state index in [4.69, 9.17) is 18.9 Å². The van der Waals surface area contributed by atoms with E-state index in [2.05, 4.69) is 15.4 Å². The summed E-state index contributed by atoms with van der Waals surface area (Å²) in [6.07, 6.45) is -8.53. The fourth-order valence-corrected chi connectivity index (χ4v) is 9.53. The highest BCUT2D eigenvalue weighted by Gasteiger charge is 2.45. The molecular formula is C34H33F6N6O7S2+. The van der Waals surface area contributed by atoms with Crippen molar-refractivity contribution in [3.8, 4) is 0 Å². The van der Waals surface area contributed by atoms with E-state index in [0.29, 0.717) is 89.3 Å². The molecule has 2 atom stereocenters. The van der Waals surface area contributed by atoms with Gasteiger partial charge in [-0.1, -0.05) is 22.7 Å². The molecule has 2 aromatic carbocycles. The first-order valence-corrected chi connectivity index (χ1v) is 19.0. The number of aromatic nitrogens is 2. The zero-order valence-electron chi connectivity index (χ0n) is 29.2. The van der Waals surface area contributed by atoms with Gasteiger partial charge in [0.2, 0.25) is 0 Å². The Bertz CT molecular complexity index is 2310. The Labute approximate surface area is 315 Å². The minimum absolute atomic E-state index is 0.0918. The molecule has 21 heteroatoms. The van der Waals surface area contributed by atoms with Gasteiger partial charge in [-0.25, -0.2) is 0 Å². The number of rotatable bonds is 5. The van der Waals surface area contributed by atoms with Crippen molar-refractivity contribution >= 4 is 64.5 Å². The molecule has 2 aromatic heterocycles. The number of alkyl halides is 6. The number of benzene rings is 2. The number of nitroso groups, excluding NO2 is 1. The summed E-state index contributed by atoms with van der Waals surface area (Å²) in [7, 11) is 0. The first-order valence-electron chi connectivity index (χ1n) is 17.4. The summed E-state index contributed by atoms with van der Waals surface area (Å²) in [6, 6.07) is 2.32. The molecular weight excluding hydrogens is 783 g/mol. The molecule has 0 saturated carbocycles. The number of anilines is 3. The maximum Gasteiger partial charge on any atom is 0.416 e. The lowest BCUT2D eigenvalue weighted by atomic mass is 10.0. The van der Waals surface area contributed by atoms with Gasteiger partial charge in [0, 0.05) is 57.9 Å². The average Bonchev–Trinajstić information content (AvgIpc) is 3.67. The van der Waals surface area contributed by atoms with Crippen LogP contribution in [0, 0.1) is 4.91 Å². The van der Waals surface area contributed by atoms with Gasteiger partial charge in [-0.2, -0.15) is 36.3 Å². The van der Waals surface area contributed by atoms with Crippen LogP contribution in [0.15, 0.2) is 33.9 Å². The normalized spacial score (nSPS) is 22.7. The highest BCUT2D eigenvalue weighted by molar-refractivity contribution is 7.22. The minimum Gasteiger partial charge on any atom is -0.348 e. The van der Waals surface area contributed by atoms with Crippen LogP contribution in [-0.2, 0) is 31.3 Å². The van der Waals surface area contributed by atoms with E-state index < -0.39 is 68.3 Å². The first-order chi connectivity index (χ1) is 25.9. The zero-order chi connectivity index (χ0) is 39.1. The van der Waals surface area contributed by atoms with Crippen LogP contribution in [0.5, 0.6) is 0 Å². The summed E-state index contributed by atoms with van der Waals surface area (Å²) in [5.74, 6) is -1.60. The van der Waals surface area contributed by atoms with Gasteiger partial charge in [-0.15, -0.1) is 5.43 Å². The second-order valence-electron chi connectivity index (χ2n) is 14.1. The number of nitrogens with one attached hydrogen (secondary N) is 1. The summed E-state index contributed by atoms with van der Waals surface area (Å²) in [4.78, 5) is 52.1. The zero-order valence-corrected chi connectivity index (χ0v) is 30.8. The van der Waals surface area contributed by atoms with Gasteiger partial charge in [-0.05, 0) is 32.0 Å². The van der Waals surface area contributed by atoms with Gasteiger partial charge < -0.3 is 28.7 Å². The lowest BCUT2D eigenvalue weighted by Crippen LogP contribution is -2.45. The molecule has 6 heterocycles. The molecule has 294 valence electrons. The van der Waals surface area contributed by atoms with Crippen molar-refractivity contribution in [2.24, 2.45) is 0 Å². The summed E-state index contributed by atoms with van der Waals surface area (Å²) in [5, 5.41) is -0.689. The number of fused-ring (bicyclic) bond motifs is 2. The molecule has 2 spiro atoms. The Balaban J connectivity index is 1.18. The maximum absolute atomic E-state index is 14.2. The van der Waals surface area contributed by atoms with Gasteiger partial charge in [0.05, 0.1) is 56.9 Å². The van der Waals surface area contributed by atoms with E-state index in [9.17, 15) is 40.8 Å². The van der Waals surface area contributed by atoms with Crippen LogP contribution in [-0.4, -0.2) is 78.0 Å². The van der Waals surface area contributed by atoms with Gasteiger partial charge >= 0.3 is 18.0 Å². The second kappa shape index (κ2) is 13.6. The van der Waals surface area contributed by atoms with Crippen LogP contribution < -0.4 is 26.3 Å². The molecule has 0 unspecified atom stereocenters. The largest absolute Gasteiger partial charge is 0.416 e. The average molecular weight is 816 g/mol. The first kappa shape index (κ1) is 37.9. The summed E-state index contributed by atoms with van der Waals surface area (Å²) < 4.78 is 108. The lowest BCUT2D eigenvalue weighted by Gasteiger charge is -2.38. The third kappa shape index (κ3) is 7.25. The molecule has 8 rings (SSSR count). The number of piperidine rings is 2. The molecule has 4 fully saturated rings.